The van der Waals surface area contributed by atoms with Crippen LogP contribution in [0.2, 0.25) is 0 Å². The van der Waals surface area contributed by atoms with Crippen LogP contribution in [0.3, 0.4) is 0 Å². The Kier molecular flexibility index (Phi) is 9.03. The van der Waals surface area contributed by atoms with E-state index in [1.165, 1.54) is 17.7 Å². The third-order valence-corrected chi connectivity index (χ3v) is 9.44. The van der Waals surface area contributed by atoms with Gasteiger partial charge >= 0.3 is 0 Å². The third-order valence-electron chi connectivity index (χ3n) is 8.12. The number of hydrogen-bond donors (Lipinski definition) is 1. The zero-order chi connectivity index (χ0) is 32.5. The van der Waals surface area contributed by atoms with Crippen molar-refractivity contribution in [2.45, 2.75) is 71.3 Å². The molecule has 5 rings (SSSR count). The van der Waals surface area contributed by atoms with E-state index in [0.717, 1.165) is 28.7 Å². The largest absolute Gasteiger partial charge is 0.467 e. The van der Waals surface area contributed by atoms with E-state index in [0.29, 0.717) is 18.2 Å². The van der Waals surface area contributed by atoms with Gasteiger partial charge in [0.2, 0.25) is 11.8 Å². The number of carbonyl (C=O) groups is 1. The Morgan fingerprint density at radius 1 is 0.956 bits per heavy atom. The Morgan fingerprint density at radius 2 is 1.62 bits per heavy atom. The summed E-state index contributed by atoms with van der Waals surface area (Å²) in [5.41, 5.74) is 5.68. The molecule has 3 aromatic carbocycles. The lowest BCUT2D eigenvalue weighted by Crippen LogP contribution is -2.37. The van der Waals surface area contributed by atoms with Gasteiger partial charge in [0.05, 0.1) is 17.1 Å². The minimum absolute atomic E-state index is 0.0343. The maximum Gasteiger partial charge on any atom is 0.264 e. The lowest BCUT2D eigenvalue weighted by atomic mass is 9.86. The van der Waals surface area contributed by atoms with Crippen molar-refractivity contribution < 1.29 is 17.9 Å². The van der Waals surface area contributed by atoms with Crippen molar-refractivity contribution in [3.8, 4) is 17.1 Å². The molecule has 0 saturated carbocycles. The first-order chi connectivity index (χ1) is 21.2. The minimum atomic E-state index is -4.13. The van der Waals surface area contributed by atoms with Gasteiger partial charge in [0.15, 0.2) is 0 Å². The van der Waals surface area contributed by atoms with Gasteiger partial charge in [0, 0.05) is 23.7 Å². The van der Waals surface area contributed by atoms with E-state index in [9.17, 15) is 13.2 Å². The fourth-order valence-corrected chi connectivity index (χ4v) is 6.47. The standard InChI is InChI=1S/C36H42N4O4S/c1-23(2)18-19-40-22-31(26-14-16-28(17-15-26)36(5,6)7)44-32-21-30(33-24(3)10-8-11-25(33)4)37-35(38-32)39-45(42,43)29-13-9-12-27(20-29)34(40)41/h8-17,20-21,23,31H,18-19,22H2,1-7H3,(H,37,38,39). The van der Waals surface area contributed by atoms with E-state index in [-0.39, 0.29) is 40.2 Å². The molecule has 1 amide bonds. The highest BCUT2D eigenvalue weighted by molar-refractivity contribution is 7.92. The maximum atomic E-state index is 14.0. The number of aryl methyl sites for hydroxylation is 2. The smallest absolute Gasteiger partial charge is 0.264 e. The van der Waals surface area contributed by atoms with Crippen LogP contribution in [-0.2, 0) is 15.4 Å². The minimum Gasteiger partial charge on any atom is -0.467 e. The number of carbonyl (C=O) groups excluding carboxylic acids is 1. The zero-order valence-corrected chi connectivity index (χ0v) is 27.9. The highest BCUT2D eigenvalue weighted by Gasteiger charge is 2.28. The SMILES string of the molecule is Cc1cccc(C)c1-c1cc2nc(n1)NS(=O)(=O)c1cccc(c1)C(=O)N(CCC(C)C)CC(c1ccc(C(C)(C)C)cc1)O2. The predicted molar refractivity (Wildman–Crippen MR) is 178 cm³/mol. The van der Waals surface area contributed by atoms with Crippen LogP contribution >= 0.6 is 0 Å². The monoisotopic (exact) mass is 626 g/mol. The van der Waals surface area contributed by atoms with Gasteiger partial charge in [-0.3, -0.25) is 4.79 Å². The fourth-order valence-electron chi connectivity index (χ4n) is 5.48. The van der Waals surface area contributed by atoms with Crippen molar-refractivity contribution >= 4 is 21.9 Å². The summed E-state index contributed by atoms with van der Waals surface area (Å²) in [5.74, 6) is 0.182. The van der Waals surface area contributed by atoms with Crippen molar-refractivity contribution in [2.75, 3.05) is 17.8 Å². The number of aromatic nitrogens is 2. The number of rotatable bonds is 5. The molecule has 1 aliphatic heterocycles. The van der Waals surface area contributed by atoms with Crippen LogP contribution < -0.4 is 9.46 Å². The van der Waals surface area contributed by atoms with Gasteiger partial charge in [-0.25, -0.2) is 18.1 Å². The molecule has 0 radical (unpaired) electrons. The van der Waals surface area contributed by atoms with Crippen LogP contribution in [0.5, 0.6) is 5.88 Å². The second-order valence-corrected chi connectivity index (χ2v) is 14.9. The summed E-state index contributed by atoms with van der Waals surface area (Å²) >= 11 is 0. The van der Waals surface area contributed by atoms with Crippen LogP contribution in [0.15, 0.2) is 77.7 Å². The van der Waals surface area contributed by atoms with E-state index < -0.39 is 16.1 Å². The highest BCUT2D eigenvalue weighted by Crippen LogP contribution is 2.33. The number of anilines is 1. The first-order valence-corrected chi connectivity index (χ1v) is 16.8. The number of sulfonamides is 1. The number of fused-ring (bicyclic) bond motifs is 4. The van der Waals surface area contributed by atoms with Crippen molar-refractivity contribution in [2.24, 2.45) is 5.92 Å². The Labute approximate surface area is 266 Å². The molecule has 9 heteroatoms. The van der Waals surface area contributed by atoms with Gasteiger partial charge < -0.3 is 9.64 Å². The second-order valence-electron chi connectivity index (χ2n) is 13.2. The molecule has 1 unspecified atom stereocenters. The van der Waals surface area contributed by atoms with Gasteiger partial charge in [-0.05, 0) is 72.1 Å². The average molecular weight is 627 g/mol. The predicted octanol–water partition coefficient (Wildman–Crippen LogP) is 7.48. The number of nitrogens with zero attached hydrogens (tertiary/aromatic N) is 3. The molecule has 1 aromatic heterocycles. The first kappa shape index (κ1) is 32.2. The molecule has 8 nitrogen and oxygen atoms in total. The van der Waals surface area contributed by atoms with E-state index in [1.807, 2.05) is 44.2 Å². The van der Waals surface area contributed by atoms with Crippen LogP contribution in [0.4, 0.5) is 5.95 Å². The lowest BCUT2D eigenvalue weighted by molar-refractivity contribution is 0.0641. The summed E-state index contributed by atoms with van der Waals surface area (Å²) in [6.45, 7) is 15.4. The summed E-state index contributed by atoms with van der Waals surface area (Å²) < 4.78 is 36.4. The summed E-state index contributed by atoms with van der Waals surface area (Å²) in [4.78, 5) is 24.9. The quantitative estimate of drug-likeness (QED) is 0.246. The highest BCUT2D eigenvalue weighted by atomic mass is 32.2. The average Bonchev–Trinajstić information content (AvgIpc) is 2.97. The number of amides is 1. The molecule has 0 aliphatic carbocycles. The Balaban J connectivity index is 1.71. The maximum absolute atomic E-state index is 14.0. The molecule has 4 aromatic rings. The lowest BCUT2D eigenvalue weighted by Gasteiger charge is -2.29. The topological polar surface area (TPSA) is 101 Å². The number of benzene rings is 3. The molecule has 4 bridgehead atoms. The molecule has 2 heterocycles. The Morgan fingerprint density at radius 3 is 2.27 bits per heavy atom. The zero-order valence-electron chi connectivity index (χ0n) is 27.1. The second kappa shape index (κ2) is 12.6. The Bertz CT molecular complexity index is 1790. The summed E-state index contributed by atoms with van der Waals surface area (Å²) in [5, 5.41) is 0. The molecule has 1 aliphatic rings. The number of hydrogen-bond acceptors (Lipinski definition) is 6. The van der Waals surface area contributed by atoms with Crippen LogP contribution in [-0.4, -0.2) is 42.3 Å². The summed E-state index contributed by atoms with van der Waals surface area (Å²) in [6.07, 6.45) is 0.180. The van der Waals surface area contributed by atoms with E-state index >= 15 is 0 Å². The van der Waals surface area contributed by atoms with Gasteiger partial charge in [-0.1, -0.05) is 83.1 Å². The molecular weight excluding hydrogens is 584 g/mol. The molecule has 1 atom stereocenters. The van der Waals surface area contributed by atoms with E-state index in [1.54, 1.807) is 23.1 Å². The first-order valence-electron chi connectivity index (χ1n) is 15.4. The van der Waals surface area contributed by atoms with Crippen molar-refractivity contribution in [1.82, 2.24) is 14.9 Å². The molecule has 45 heavy (non-hydrogen) atoms. The molecule has 1 N–H and O–H groups in total. The molecule has 0 fully saturated rings. The van der Waals surface area contributed by atoms with E-state index in [2.05, 4.69) is 61.4 Å². The van der Waals surface area contributed by atoms with Crippen molar-refractivity contribution in [1.29, 1.82) is 0 Å². The third kappa shape index (κ3) is 7.36. The van der Waals surface area contributed by atoms with Gasteiger partial charge in [0.25, 0.3) is 15.9 Å². The van der Waals surface area contributed by atoms with Crippen LogP contribution in [0, 0.1) is 19.8 Å². The Hall–Kier alpha value is -4.24. The van der Waals surface area contributed by atoms with Crippen LogP contribution in [0.25, 0.3) is 11.3 Å². The van der Waals surface area contributed by atoms with Crippen LogP contribution in [0.1, 0.15) is 79.8 Å². The summed E-state index contributed by atoms with van der Waals surface area (Å²) in [6, 6.07) is 22.0. The van der Waals surface area contributed by atoms with Gasteiger partial charge in [0.1, 0.15) is 6.10 Å². The van der Waals surface area contributed by atoms with Crippen molar-refractivity contribution in [3.05, 3.63) is 101 Å². The normalized spacial score (nSPS) is 16.7. The number of ether oxygens (including phenoxy) is 1. The number of nitrogens with one attached hydrogen (secondary N) is 1. The van der Waals surface area contributed by atoms with Crippen molar-refractivity contribution in [3.63, 3.8) is 0 Å². The molecule has 236 valence electrons. The van der Waals surface area contributed by atoms with Gasteiger partial charge in [-0.2, -0.15) is 4.98 Å². The summed E-state index contributed by atoms with van der Waals surface area (Å²) in [7, 11) is -4.13. The van der Waals surface area contributed by atoms with E-state index in [4.69, 9.17) is 4.74 Å². The fraction of sp³-hybridized carbons (Fsp3) is 0.361. The van der Waals surface area contributed by atoms with Gasteiger partial charge in [-0.15, -0.1) is 0 Å². The molecular formula is C36H42N4O4S. The molecule has 0 saturated heterocycles. The molecule has 0 spiro atoms.